The van der Waals surface area contributed by atoms with E-state index in [9.17, 15) is 4.79 Å². The van der Waals surface area contributed by atoms with Crippen molar-refractivity contribution in [1.29, 1.82) is 0 Å². The number of amides is 1. The van der Waals surface area contributed by atoms with Gasteiger partial charge in [-0.1, -0.05) is 39.5 Å². The third kappa shape index (κ3) is 4.13. The predicted octanol–water partition coefficient (Wildman–Crippen LogP) is 3.30. The zero-order chi connectivity index (χ0) is 19.5. The lowest BCUT2D eigenvalue weighted by atomic mass is 9.95. The van der Waals surface area contributed by atoms with Crippen LogP contribution in [0.3, 0.4) is 0 Å². The molecule has 1 aliphatic carbocycles. The molecule has 28 heavy (non-hydrogen) atoms. The van der Waals surface area contributed by atoms with E-state index in [0.717, 1.165) is 56.1 Å². The highest BCUT2D eigenvalue weighted by atomic mass is 16.1. The number of nitrogens with zero attached hydrogens (tertiary/aromatic N) is 5. The largest absolute Gasteiger partial charge is 0.355 e. The molecular weight excluding hydrogens is 352 g/mol. The molecule has 0 unspecified atom stereocenters. The Morgan fingerprint density at radius 1 is 1.04 bits per heavy atom. The van der Waals surface area contributed by atoms with E-state index in [0.29, 0.717) is 6.04 Å². The van der Waals surface area contributed by atoms with Gasteiger partial charge in [-0.3, -0.25) is 4.79 Å². The molecular formula is C21H32N6O. The van der Waals surface area contributed by atoms with Gasteiger partial charge >= 0.3 is 0 Å². The van der Waals surface area contributed by atoms with E-state index in [-0.39, 0.29) is 17.7 Å². The molecule has 7 nitrogen and oxygen atoms in total. The summed E-state index contributed by atoms with van der Waals surface area (Å²) in [5.41, 5.74) is 0.783. The Morgan fingerprint density at radius 3 is 2.43 bits per heavy atom. The summed E-state index contributed by atoms with van der Waals surface area (Å²) in [6.07, 6.45) is 9.18. The van der Waals surface area contributed by atoms with Crippen LogP contribution in [-0.4, -0.2) is 44.8 Å². The van der Waals surface area contributed by atoms with Crippen molar-refractivity contribution in [2.45, 2.75) is 77.2 Å². The number of aromatic nitrogens is 4. The van der Waals surface area contributed by atoms with E-state index >= 15 is 0 Å². The number of carbonyl (C=O) groups is 1. The Bertz CT molecular complexity index is 800. The molecule has 0 atom stereocenters. The molecule has 1 amide bonds. The zero-order valence-electron chi connectivity index (χ0n) is 17.1. The van der Waals surface area contributed by atoms with Crippen LogP contribution >= 0.6 is 0 Å². The van der Waals surface area contributed by atoms with Crippen molar-refractivity contribution in [3.05, 3.63) is 18.0 Å². The van der Waals surface area contributed by atoms with Gasteiger partial charge in [0, 0.05) is 31.0 Å². The maximum absolute atomic E-state index is 12.7. The molecule has 0 aromatic carbocycles. The Morgan fingerprint density at radius 2 is 1.75 bits per heavy atom. The number of hydrogen-bond acceptors (Lipinski definition) is 5. The highest BCUT2D eigenvalue weighted by molar-refractivity contribution is 5.79. The van der Waals surface area contributed by atoms with Gasteiger partial charge in [-0.25, -0.2) is 0 Å². The molecule has 2 fully saturated rings. The quantitative estimate of drug-likeness (QED) is 0.819. The van der Waals surface area contributed by atoms with Crippen LogP contribution < -0.4 is 10.2 Å². The molecule has 2 aromatic rings. The number of rotatable bonds is 4. The van der Waals surface area contributed by atoms with Crippen LogP contribution in [0.4, 0.5) is 5.82 Å². The van der Waals surface area contributed by atoms with Gasteiger partial charge in [0.1, 0.15) is 5.82 Å². The smallest absolute Gasteiger partial charge is 0.223 e. The average molecular weight is 385 g/mol. The fourth-order valence-electron chi connectivity index (χ4n) is 4.44. The highest BCUT2D eigenvalue weighted by Gasteiger charge is 2.27. The monoisotopic (exact) mass is 384 g/mol. The lowest BCUT2D eigenvalue weighted by molar-refractivity contribution is -0.126. The first-order valence-corrected chi connectivity index (χ1v) is 10.9. The number of carbonyl (C=O) groups excluding carboxylic acids is 1. The van der Waals surface area contributed by atoms with Gasteiger partial charge in [0.2, 0.25) is 5.91 Å². The number of fused-ring (bicyclic) bond motifs is 1. The van der Waals surface area contributed by atoms with E-state index < -0.39 is 0 Å². The average Bonchev–Trinajstić information content (AvgIpc) is 2.97. The summed E-state index contributed by atoms with van der Waals surface area (Å²) in [5.74, 6) is 2.49. The van der Waals surface area contributed by atoms with Gasteiger partial charge in [-0.2, -0.15) is 4.52 Å². The molecule has 1 N–H and O–H groups in total. The molecule has 152 valence electrons. The fraction of sp³-hybridized carbons (Fsp3) is 0.714. The van der Waals surface area contributed by atoms with Gasteiger partial charge in [0.15, 0.2) is 11.5 Å². The maximum Gasteiger partial charge on any atom is 0.223 e. The van der Waals surface area contributed by atoms with E-state index in [2.05, 4.69) is 34.3 Å². The Hall–Kier alpha value is -2.18. The molecule has 0 bridgehead atoms. The summed E-state index contributed by atoms with van der Waals surface area (Å²) in [5, 5.41) is 16.6. The number of anilines is 1. The minimum absolute atomic E-state index is 0.129. The second kappa shape index (κ2) is 8.45. The van der Waals surface area contributed by atoms with Crippen LogP contribution in [0, 0.1) is 5.92 Å². The minimum Gasteiger partial charge on any atom is -0.355 e. The summed E-state index contributed by atoms with van der Waals surface area (Å²) in [7, 11) is 0. The first-order valence-electron chi connectivity index (χ1n) is 10.9. The van der Waals surface area contributed by atoms with Crippen molar-refractivity contribution in [1.82, 2.24) is 25.1 Å². The van der Waals surface area contributed by atoms with Gasteiger partial charge < -0.3 is 10.2 Å². The van der Waals surface area contributed by atoms with Crippen LogP contribution in [0.1, 0.15) is 77.0 Å². The lowest BCUT2D eigenvalue weighted by Crippen LogP contribution is -2.44. The van der Waals surface area contributed by atoms with Crippen molar-refractivity contribution in [2.75, 3.05) is 18.0 Å². The Balaban J connectivity index is 1.36. The van der Waals surface area contributed by atoms with Crippen molar-refractivity contribution >= 4 is 17.4 Å². The van der Waals surface area contributed by atoms with Crippen LogP contribution in [-0.2, 0) is 4.79 Å². The van der Waals surface area contributed by atoms with Crippen LogP contribution in [0.5, 0.6) is 0 Å². The van der Waals surface area contributed by atoms with Gasteiger partial charge in [-0.05, 0) is 37.8 Å². The Kier molecular flexibility index (Phi) is 5.78. The highest BCUT2D eigenvalue weighted by Crippen LogP contribution is 2.24. The zero-order valence-corrected chi connectivity index (χ0v) is 17.1. The number of hydrogen-bond donors (Lipinski definition) is 1. The molecule has 7 heteroatoms. The van der Waals surface area contributed by atoms with Gasteiger partial charge in [-0.15, -0.1) is 15.3 Å². The number of nitrogens with one attached hydrogen (secondary N) is 1. The van der Waals surface area contributed by atoms with Gasteiger partial charge in [0.05, 0.1) is 0 Å². The topological polar surface area (TPSA) is 75.4 Å². The van der Waals surface area contributed by atoms with Crippen molar-refractivity contribution in [2.24, 2.45) is 5.92 Å². The molecule has 0 radical (unpaired) electrons. The first-order chi connectivity index (χ1) is 13.6. The molecule has 2 aromatic heterocycles. The van der Waals surface area contributed by atoms with Crippen LogP contribution in [0.25, 0.3) is 5.65 Å². The summed E-state index contributed by atoms with van der Waals surface area (Å²) in [6, 6.07) is 4.38. The summed E-state index contributed by atoms with van der Waals surface area (Å²) in [4.78, 5) is 15.0. The SMILES string of the molecule is CC(C)c1nnc2ccc(N3CCC(C(=O)NC4CCCCCC4)CC3)nn12. The third-order valence-corrected chi connectivity index (χ3v) is 6.18. The molecule has 2 aliphatic rings. The standard InChI is InChI=1S/C21H32N6O/c1-15(2)20-24-23-18-9-10-19(25-27(18)20)26-13-11-16(12-14-26)21(28)22-17-7-5-3-4-6-8-17/h9-10,15-17H,3-8,11-14H2,1-2H3,(H,22,28). The molecule has 4 rings (SSSR count). The molecule has 1 aliphatic heterocycles. The molecule has 3 heterocycles. The van der Waals surface area contributed by atoms with E-state index in [4.69, 9.17) is 5.10 Å². The third-order valence-electron chi connectivity index (χ3n) is 6.18. The summed E-state index contributed by atoms with van der Waals surface area (Å²) in [6.45, 7) is 5.92. The van der Waals surface area contributed by atoms with Crippen LogP contribution in [0.15, 0.2) is 12.1 Å². The molecule has 0 spiro atoms. The van der Waals surface area contributed by atoms with Crippen molar-refractivity contribution < 1.29 is 4.79 Å². The maximum atomic E-state index is 12.7. The van der Waals surface area contributed by atoms with Crippen molar-refractivity contribution in [3.8, 4) is 0 Å². The molecule has 1 saturated carbocycles. The lowest BCUT2D eigenvalue weighted by Gasteiger charge is -2.32. The van der Waals surface area contributed by atoms with Crippen LogP contribution in [0.2, 0.25) is 0 Å². The van der Waals surface area contributed by atoms with E-state index in [1.165, 1.54) is 25.7 Å². The Labute approximate surface area is 166 Å². The second-order valence-corrected chi connectivity index (χ2v) is 8.63. The predicted molar refractivity (Wildman–Crippen MR) is 109 cm³/mol. The normalized spacial score (nSPS) is 19.9. The summed E-state index contributed by atoms with van der Waals surface area (Å²) < 4.78 is 1.85. The van der Waals surface area contributed by atoms with Gasteiger partial charge in [0.25, 0.3) is 0 Å². The number of piperidine rings is 1. The van der Waals surface area contributed by atoms with E-state index in [1.807, 2.05) is 16.6 Å². The van der Waals surface area contributed by atoms with Crippen molar-refractivity contribution in [3.63, 3.8) is 0 Å². The fourth-order valence-corrected chi connectivity index (χ4v) is 4.44. The second-order valence-electron chi connectivity index (χ2n) is 8.63. The van der Waals surface area contributed by atoms with E-state index in [1.54, 1.807) is 0 Å². The summed E-state index contributed by atoms with van der Waals surface area (Å²) >= 11 is 0. The molecule has 1 saturated heterocycles. The minimum atomic E-state index is 0.129. The first kappa shape index (κ1) is 19.2.